The first-order valence-electron chi connectivity index (χ1n) is 5.18. The third-order valence-electron chi connectivity index (χ3n) is 1.60. The zero-order chi connectivity index (χ0) is 12.6. The van der Waals surface area contributed by atoms with Gasteiger partial charge in [-0.15, -0.1) is 0 Å². The van der Waals surface area contributed by atoms with Crippen LogP contribution in [0.5, 0.6) is 0 Å². The second-order valence-corrected chi connectivity index (χ2v) is 3.92. The van der Waals surface area contributed by atoms with Gasteiger partial charge in [0, 0.05) is 0 Å². The second kappa shape index (κ2) is 7.46. The molecule has 0 aliphatic carbocycles. The third kappa shape index (κ3) is 5.92. The highest BCUT2D eigenvalue weighted by Crippen LogP contribution is 2.19. The van der Waals surface area contributed by atoms with Gasteiger partial charge in [0.05, 0.1) is 19.6 Å². The molecule has 0 saturated heterocycles. The van der Waals surface area contributed by atoms with E-state index in [1.165, 1.54) is 0 Å². The highest BCUT2D eigenvalue weighted by atomic mass is 35.5. The molecule has 0 fully saturated rings. The number of aliphatic hydroxyl groups is 1. The lowest BCUT2D eigenvalue weighted by atomic mass is 10.2. The summed E-state index contributed by atoms with van der Waals surface area (Å²) in [6.45, 7) is 4.01. The first-order chi connectivity index (χ1) is 7.44. The molecule has 5 nitrogen and oxygen atoms in total. The number of carbonyl (C=O) groups is 2. The average Bonchev–Trinajstić information content (AvgIpc) is 2.22. The maximum absolute atomic E-state index is 11.2. The van der Waals surface area contributed by atoms with Crippen LogP contribution in [0, 0.1) is 0 Å². The number of rotatable bonds is 7. The van der Waals surface area contributed by atoms with Crippen LogP contribution in [0.15, 0.2) is 0 Å². The van der Waals surface area contributed by atoms with Gasteiger partial charge in [0.25, 0.3) is 0 Å². The van der Waals surface area contributed by atoms with Gasteiger partial charge >= 0.3 is 11.9 Å². The first-order valence-corrected chi connectivity index (χ1v) is 5.56. The van der Waals surface area contributed by atoms with Gasteiger partial charge in [-0.25, -0.2) is 4.79 Å². The fourth-order valence-electron chi connectivity index (χ4n) is 0.836. The van der Waals surface area contributed by atoms with Crippen LogP contribution in [-0.2, 0) is 19.1 Å². The minimum absolute atomic E-state index is 0.151. The summed E-state index contributed by atoms with van der Waals surface area (Å²) < 4.78 is 9.32. The Morgan fingerprint density at radius 1 is 1.19 bits per heavy atom. The molecular formula is C10H17ClO5. The summed E-state index contributed by atoms with van der Waals surface area (Å²) in [5.41, 5.74) is 0. The quantitative estimate of drug-likeness (QED) is 0.545. The summed E-state index contributed by atoms with van der Waals surface area (Å²) in [6.07, 6.45) is 0.656. The van der Waals surface area contributed by atoms with E-state index in [0.29, 0.717) is 12.8 Å². The molecule has 0 aliphatic heterocycles. The molecule has 0 radical (unpaired) electrons. The lowest BCUT2D eigenvalue weighted by molar-refractivity contribution is -0.163. The predicted octanol–water partition coefficient (Wildman–Crippen LogP) is 1.21. The molecule has 94 valence electrons. The molecule has 0 amide bonds. The summed E-state index contributed by atoms with van der Waals surface area (Å²) in [4.78, 5) is 22.3. The fraction of sp³-hybridized carbons (Fsp3) is 0.800. The van der Waals surface area contributed by atoms with Gasteiger partial charge in [-0.1, -0.05) is 25.4 Å². The predicted molar refractivity (Wildman–Crippen MR) is 57.9 cm³/mol. The topological polar surface area (TPSA) is 72.8 Å². The largest absolute Gasteiger partial charge is 0.466 e. The Labute approximate surface area is 99.7 Å². The zero-order valence-electron chi connectivity index (χ0n) is 9.49. The van der Waals surface area contributed by atoms with Gasteiger partial charge in [0.1, 0.15) is 0 Å². The Hall–Kier alpha value is -0.810. The van der Waals surface area contributed by atoms with Gasteiger partial charge in [0.2, 0.25) is 5.06 Å². The monoisotopic (exact) mass is 252 g/mol. The summed E-state index contributed by atoms with van der Waals surface area (Å²) in [5, 5.41) is 7.14. The average molecular weight is 253 g/mol. The van der Waals surface area contributed by atoms with Gasteiger partial charge < -0.3 is 14.6 Å². The molecule has 1 unspecified atom stereocenters. The molecule has 0 aromatic carbocycles. The maximum atomic E-state index is 11.2. The van der Waals surface area contributed by atoms with Crippen molar-refractivity contribution in [3.63, 3.8) is 0 Å². The summed E-state index contributed by atoms with van der Waals surface area (Å²) in [7, 11) is 0. The number of carbonyl (C=O) groups excluding carboxylic acids is 2. The van der Waals surface area contributed by atoms with Crippen LogP contribution in [-0.4, -0.2) is 35.3 Å². The maximum Gasteiger partial charge on any atom is 0.354 e. The smallest absolute Gasteiger partial charge is 0.354 e. The Morgan fingerprint density at radius 2 is 1.69 bits per heavy atom. The second-order valence-electron chi connectivity index (χ2n) is 3.29. The number of esters is 2. The molecule has 1 N–H and O–H groups in total. The molecule has 0 rings (SSSR count). The molecule has 0 bridgehead atoms. The molecule has 0 saturated carbocycles. The Kier molecular flexibility index (Phi) is 7.08. The van der Waals surface area contributed by atoms with E-state index in [-0.39, 0.29) is 13.2 Å². The van der Waals surface area contributed by atoms with E-state index in [1.807, 2.05) is 6.92 Å². The van der Waals surface area contributed by atoms with Crippen LogP contribution in [0.3, 0.4) is 0 Å². The Morgan fingerprint density at radius 3 is 2.19 bits per heavy atom. The number of hydrogen-bond donors (Lipinski definition) is 1. The summed E-state index contributed by atoms with van der Waals surface area (Å²) in [5.74, 6) is -1.75. The van der Waals surface area contributed by atoms with Crippen LogP contribution in [0.4, 0.5) is 0 Å². The molecule has 16 heavy (non-hydrogen) atoms. The molecule has 0 aromatic heterocycles. The lowest BCUT2D eigenvalue weighted by Crippen LogP contribution is -2.37. The number of halogens is 1. The van der Waals surface area contributed by atoms with Crippen molar-refractivity contribution in [2.45, 2.75) is 38.2 Å². The molecule has 6 heteroatoms. The van der Waals surface area contributed by atoms with Crippen molar-refractivity contribution in [1.82, 2.24) is 0 Å². The van der Waals surface area contributed by atoms with E-state index in [9.17, 15) is 14.7 Å². The van der Waals surface area contributed by atoms with E-state index in [0.717, 1.165) is 0 Å². The van der Waals surface area contributed by atoms with Crippen molar-refractivity contribution < 1.29 is 24.2 Å². The zero-order valence-corrected chi connectivity index (χ0v) is 10.2. The van der Waals surface area contributed by atoms with Crippen molar-refractivity contribution in [3.05, 3.63) is 0 Å². The van der Waals surface area contributed by atoms with Crippen LogP contribution in [0.25, 0.3) is 0 Å². The van der Waals surface area contributed by atoms with Gasteiger partial charge in [-0.3, -0.25) is 4.79 Å². The molecule has 0 aromatic rings. The van der Waals surface area contributed by atoms with Gasteiger partial charge in [-0.2, -0.15) is 0 Å². The van der Waals surface area contributed by atoms with E-state index in [2.05, 4.69) is 4.74 Å². The van der Waals surface area contributed by atoms with E-state index >= 15 is 0 Å². The normalized spacial score (nSPS) is 14.0. The van der Waals surface area contributed by atoms with Crippen molar-refractivity contribution in [2.75, 3.05) is 13.2 Å². The number of alkyl halides is 1. The van der Waals surface area contributed by atoms with Crippen molar-refractivity contribution in [3.8, 4) is 0 Å². The van der Waals surface area contributed by atoms with Gasteiger partial charge in [0.15, 0.2) is 0 Å². The fourth-order valence-corrected chi connectivity index (χ4v) is 0.999. The lowest BCUT2D eigenvalue weighted by Gasteiger charge is -2.17. The molecule has 1 atom stereocenters. The first kappa shape index (κ1) is 15.2. The van der Waals surface area contributed by atoms with Crippen LogP contribution in [0.2, 0.25) is 0 Å². The van der Waals surface area contributed by atoms with E-state index < -0.39 is 23.4 Å². The molecular weight excluding hydrogens is 236 g/mol. The third-order valence-corrected chi connectivity index (χ3v) is 1.88. The molecule has 0 aliphatic rings. The highest BCUT2D eigenvalue weighted by molar-refractivity contribution is 6.33. The van der Waals surface area contributed by atoms with Crippen molar-refractivity contribution in [2.24, 2.45) is 0 Å². The molecule has 0 heterocycles. The number of hydrogen-bond acceptors (Lipinski definition) is 5. The standard InChI is InChI=1S/C10H17ClO5/c1-3-5-15-8(12)7-10(11,14)9(13)16-6-4-2/h14H,3-7H2,1-2H3. The van der Waals surface area contributed by atoms with Crippen molar-refractivity contribution in [1.29, 1.82) is 0 Å². The van der Waals surface area contributed by atoms with Crippen LogP contribution < -0.4 is 0 Å². The number of ether oxygens (including phenoxy) is 2. The van der Waals surface area contributed by atoms with E-state index in [4.69, 9.17) is 16.3 Å². The minimum Gasteiger partial charge on any atom is -0.466 e. The SMILES string of the molecule is CCCOC(=O)CC(O)(Cl)C(=O)OCCC. The van der Waals surface area contributed by atoms with Crippen molar-refractivity contribution >= 4 is 23.5 Å². The summed E-state index contributed by atoms with van der Waals surface area (Å²) >= 11 is 5.48. The van der Waals surface area contributed by atoms with Crippen LogP contribution >= 0.6 is 11.6 Å². The Balaban J connectivity index is 4.11. The van der Waals surface area contributed by atoms with Crippen LogP contribution in [0.1, 0.15) is 33.1 Å². The highest BCUT2D eigenvalue weighted by Gasteiger charge is 2.38. The molecule has 0 spiro atoms. The summed E-state index contributed by atoms with van der Waals surface area (Å²) in [6, 6.07) is 0. The van der Waals surface area contributed by atoms with E-state index in [1.54, 1.807) is 6.92 Å². The Bertz CT molecular complexity index is 239. The van der Waals surface area contributed by atoms with Gasteiger partial charge in [-0.05, 0) is 12.8 Å². The minimum atomic E-state index is -2.33.